The molecule has 0 amide bonds. The quantitative estimate of drug-likeness (QED) is 0.468. The van der Waals surface area contributed by atoms with E-state index in [9.17, 15) is 18.0 Å². The minimum absolute atomic E-state index is 0.0294. The van der Waals surface area contributed by atoms with Gasteiger partial charge in [0.2, 0.25) is 0 Å². The van der Waals surface area contributed by atoms with Crippen LogP contribution in [0.5, 0.6) is 0 Å². The van der Waals surface area contributed by atoms with Gasteiger partial charge in [-0.15, -0.1) is 6.42 Å². The van der Waals surface area contributed by atoms with E-state index in [4.69, 9.17) is 6.42 Å². The maximum Gasteiger partial charge on any atom is 0.422 e. The fourth-order valence-electron chi connectivity index (χ4n) is 3.51. The summed E-state index contributed by atoms with van der Waals surface area (Å²) in [5, 5.41) is 0. The largest absolute Gasteiger partial charge is 0.451 e. The second-order valence-corrected chi connectivity index (χ2v) is 6.89. The van der Waals surface area contributed by atoms with Crippen molar-refractivity contribution in [2.75, 3.05) is 6.61 Å². The fraction of sp³-hybridized carbons (Fsp3) is 0.174. The van der Waals surface area contributed by atoms with E-state index in [1.165, 1.54) is 0 Å². The molecule has 0 unspecified atom stereocenters. The number of rotatable bonds is 3. The number of imidazole rings is 1. The number of halogens is 3. The lowest BCUT2D eigenvalue weighted by Crippen LogP contribution is -2.21. The summed E-state index contributed by atoms with van der Waals surface area (Å²) in [5.41, 5.74) is 3.72. The minimum Gasteiger partial charge on any atom is -0.451 e. The molecule has 3 aromatic rings. The molecule has 2 aromatic carbocycles. The van der Waals surface area contributed by atoms with Crippen molar-refractivity contribution in [2.24, 2.45) is 4.99 Å². The number of terminal acetylenes is 1. The molecule has 0 fully saturated rings. The van der Waals surface area contributed by atoms with Crippen LogP contribution in [-0.4, -0.2) is 34.0 Å². The number of ether oxygens (including phenoxy) is 1. The van der Waals surface area contributed by atoms with Crippen LogP contribution in [0.2, 0.25) is 0 Å². The van der Waals surface area contributed by atoms with E-state index in [1.54, 1.807) is 23.6 Å². The van der Waals surface area contributed by atoms with E-state index in [1.807, 2.05) is 36.4 Å². The van der Waals surface area contributed by atoms with Crippen molar-refractivity contribution in [1.29, 1.82) is 0 Å². The maximum absolute atomic E-state index is 12.5. The Morgan fingerprint density at radius 2 is 1.97 bits per heavy atom. The van der Waals surface area contributed by atoms with E-state index in [-0.39, 0.29) is 12.2 Å². The monoisotopic (exact) mass is 423 g/mol. The first-order chi connectivity index (χ1) is 14.8. The topological polar surface area (TPSA) is 56.5 Å². The van der Waals surface area contributed by atoms with Crippen LogP contribution in [0.4, 0.5) is 13.2 Å². The molecule has 0 aliphatic carbocycles. The number of aryl methyl sites for hydroxylation is 1. The van der Waals surface area contributed by atoms with Crippen molar-refractivity contribution in [3.8, 4) is 18.0 Å². The Morgan fingerprint density at radius 1 is 1.23 bits per heavy atom. The smallest absolute Gasteiger partial charge is 0.422 e. The lowest BCUT2D eigenvalue weighted by Gasteiger charge is -2.14. The van der Waals surface area contributed by atoms with Gasteiger partial charge >= 0.3 is 12.1 Å². The van der Waals surface area contributed by atoms with Gasteiger partial charge in [-0.2, -0.15) is 13.2 Å². The SMILES string of the molecule is C#Cc1ccc2c(c1)C(c1ccccc1)=NCc1c(C(=O)OCC(F)(F)F)nc(C)n1-2. The Labute approximate surface area is 176 Å². The van der Waals surface area contributed by atoms with Gasteiger partial charge in [-0.25, -0.2) is 9.78 Å². The van der Waals surface area contributed by atoms with Crippen molar-refractivity contribution >= 4 is 11.7 Å². The van der Waals surface area contributed by atoms with Crippen LogP contribution in [0.15, 0.2) is 53.5 Å². The number of aromatic nitrogens is 2. The van der Waals surface area contributed by atoms with Gasteiger partial charge in [-0.05, 0) is 25.1 Å². The second-order valence-electron chi connectivity index (χ2n) is 6.89. The van der Waals surface area contributed by atoms with Gasteiger partial charge in [0.05, 0.1) is 23.6 Å². The molecule has 1 aliphatic rings. The summed E-state index contributed by atoms with van der Waals surface area (Å²) in [6, 6.07) is 14.8. The van der Waals surface area contributed by atoms with Crippen LogP contribution in [-0.2, 0) is 11.3 Å². The highest BCUT2D eigenvalue weighted by molar-refractivity contribution is 6.15. The number of hydrogen-bond donors (Lipinski definition) is 0. The lowest BCUT2D eigenvalue weighted by atomic mass is 9.98. The van der Waals surface area contributed by atoms with Crippen LogP contribution in [0.1, 0.15) is 38.7 Å². The number of carbonyl (C=O) groups excluding carboxylic acids is 1. The normalized spacial score (nSPS) is 12.8. The molecular formula is C23H16F3N3O2. The average Bonchev–Trinajstić information content (AvgIpc) is 2.98. The van der Waals surface area contributed by atoms with E-state index in [0.717, 1.165) is 11.1 Å². The second kappa shape index (κ2) is 7.76. The molecule has 156 valence electrons. The number of fused-ring (bicyclic) bond motifs is 3. The number of aliphatic imine (C=N–C) groups is 1. The van der Waals surface area contributed by atoms with Crippen LogP contribution in [0, 0.1) is 19.3 Å². The summed E-state index contributed by atoms with van der Waals surface area (Å²) in [4.78, 5) is 21.2. The number of benzene rings is 2. The minimum atomic E-state index is -4.63. The maximum atomic E-state index is 12.5. The van der Waals surface area contributed by atoms with Gasteiger partial charge in [-0.3, -0.25) is 9.56 Å². The van der Waals surface area contributed by atoms with Crippen molar-refractivity contribution in [1.82, 2.24) is 9.55 Å². The summed E-state index contributed by atoms with van der Waals surface area (Å²) in [7, 11) is 0. The van der Waals surface area contributed by atoms with Crippen molar-refractivity contribution in [3.05, 3.63) is 82.4 Å². The molecule has 5 nitrogen and oxygen atoms in total. The highest BCUT2D eigenvalue weighted by atomic mass is 19.4. The molecule has 8 heteroatoms. The van der Waals surface area contributed by atoms with Crippen LogP contribution < -0.4 is 0 Å². The first-order valence-corrected chi connectivity index (χ1v) is 9.32. The number of esters is 1. The predicted molar refractivity (Wildman–Crippen MR) is 108 cm³/mol. The van der Waals surface area contributed by atoms with E-state index in [2.05, 4.69) is 20.6 Å². The van der Waals surface area contributed by atoms with E-state index >= 15 is 0 Å². The highest BCUT2D eigenvalue weighted by Gasteiger charge is 2.32. The van der Waals surface area contributed by atoms with Crippen molar-refractivity contribution < 1.29 is 22.7 Å². The summed E-state index contributed by atoms with van der Waals surface area (Å²) in [6.07, 6.45) is 0.954. The first-order valence-electron chi connectivity index (χ1n) is 9.32. The molecule has 1 aliphatic heterocycles. The lowest BCUT2D eigenvalue weighted by molar-refractivity contribution is -0.161. The summed E-state index contributed by atoms with van der Waals surface area (Å²) >= 11 is 0. The van der Waals surface area contributed by atoms with Gasteiger partial charge in [0.1, 0.15) is 5.82 Å². The summed E-state index contributed by atoms with van der Waals surface area (Å²) < 4.78 is 43.7. The zero-order valence-corrected chi connectivity index (χ0v) is 16.4. The van der Waals surface area contributed by atoms with Crippen LogP contribution in [0.3, 0.4) is 0 Å². The molecule has 2 heterocycles. The van der Waals surface area contributed by atoms with Gasteiger partial charge < -0.3 is 4.74 Å². The molecule has 1 aromatic heterocycles. The van der Waals surface area contributed by atoms with Crippen LogP contribution in [0.25, 0.3) is 5.69 Å². The fourth-order valence-corrected chi connectivity index (χ4v) is 3.51. The molecule has 0 radical (unpaired) electrons. The zero-order chi connectivity index (χ0) is 22.2. The molecule has 0 spiro atoms. The Hall–Kier alpha value is -3.86. The van der Waals surface area contributed by atoms with Crippen molar-refractivity contribution in [3.63, 3.8) is 0 Å². The molecule has 0 saturated carbocycles. The summed E-state index contributed by atoms with van der Waals surface area (Å²) in [6.45, 7) is 0.00976. The summed E-state index contributed by atoms with van der Waals surface area (Å²) in [5.74, 6) is 1.88. The standard InChI is InChI=1S/C23H16F3N3O2/c1-3-15-9-10-18-17(11-15)20(16-7-5-4-6-8-16)27-12-19-21(28-14(2)29(18)19)22(30)31-13-23(24,25)26/h1,4-11H,12-13H2,2H3. The highest BCUT2D eigenvalue weighted by Crippen LogP contribution is 2.29. The van der Waals surface area contributed by atoms with Crippen molar-refractivity contribution in [2.45, 2.75) is 19.6 Å². The molecule has 4 rings (SSSR count). The molecular weight excluding hydrogens is 407 g/mol. The number of nitrogens with zero attached hydrogens (tertiary/aromatic N) is 3. The molecule has 0 bridgehead atoms. The van der Waals surface area contributed by atoms with Gasteiger partial charge in [-0.1, -0.05) is 36.3 Å². The first kappa shape index (κ1) is 20.4. The third kappa shape index (κ3) is 3.94. The van der Waals surface area contributed by atoms with Crippen LogP contribution >= 0.6 is 0 Å². The third-order valence-electron chi connectivity index (χ3n) is 4.79. The Morgan fingerprint density at radius 3 is 2.65 bits per heavy atom. The Kier molecular flexibility index (Phi) is 5.11. The number of carbonyl (C=O) groups is 1. The average molecular weight is 423 g/mol. The predicted octanol–water partition coefficient (Wildman–Crippen LogP) is 4.23. The Bertz CT molecular complexity index is 1240. The van der Waals surface area contributed by atoms with E-state index < -0.39 is 18.8 Å². The molecule has 0 N–H and O–H groups in total. The Balaban J connectivity index is 1.87. The van der Waals surface area contributed by atoms with Gasteiger partial charge in [0.25, 0.3) is 0 Å². The van der Waals surface area contributed by atoms with Gasteiger partial charge in [0.15, 0.2) is 12.3 Å². The zero-order valence-electron chi connectivity index (χ0n) is 16.4. The third-order valence-corrected chi connectivity index (χ3v) is 4.79. The van der Waals surface area contributed by atoms with E-state index in [0.29, 0.717) is 28.5 Å². The molecule has 0 atom stereocenters. The number of alkyl halides is 3. The molecule has 0 saturated heterocycles. The molecule has 31 heavy (non-hydrogen) atoms. The number of hydrogen-bond acceptors (Lipinski definition) is 4. The van der Waals surface area contributed by atoms with Gasteiger partial charge in [0, 0.05) is 16.7 Å².